The molecule has 2 aromatic rings. The summed E-state index contributed by atoms with van der Waals surface area (Å²) < 4.78 is 13.2. The number of carbonyl (C=O) groups is 2. The predicted octanol–water partition coefficient (Wildman–Crippen LogP) is 3.37. The number of hydrogen-bond acceptors (Lipinski definition) is 2. The van der Waals surface area contributed by atoms with Crippen LogP contribution in [0.5, 0.6) is 0 Å². The number of amides is 3. The summed E-state index contributed by atoms with van der Waals surface area (Å²) >= 11 is 6.03. The molecule has 1 N–H and O–H groups in total. The van der Waals surface area contributed by atoms with Crippen molar-refractivity contribution < 1.29 is 14.0 Å². The molecular formula is C18H14ClFN2O2. The summed E-state index contributed by atoms with van der Waals surface area (Å²) in [7, 11) is 0. The highest BCUT2D eigenvalue weighted by molar-refractivity contribution is 6.31. The van der Waals surface area contributed by atoms with Crippen molar-refractivity contribution in [2.24, 2.45) is 0 Å². The van der Waals surface area contributed by atoms with Crippen LogP contribution in [-0.2, 0) is 23.3 Å². The molecular weight excluding hydrogens is 331 g/mol. The zero-order chi connectivity index (χ0) is 16.9. The lowest BCUT2D eigenvalue weighted by Crippen LogP contribution is -2.41. The van der Waals surface area contributed by atoms with Crippen LogP contribution in [0.3, 0.4) is 0 Å². The number of aryl methyl sites for hydroxylation is 1. The van der Waals surface area contributed by atoms with Crippen molar-refractivity contribution in [3.63, 3.8) is 0 Å². The molecule has 6 heteroatoms. The first-order valence-corrected chi connectivity index (χ1v) is 8.05. The van der Waals surface area contributed by atoms with Gasteiger partial charge in [0.1, 0.15) is 11.4 Å². The standard InChI is InChI=1S/C18H14ClFN2O2/c19-15-9-13(20)6-5-12(15)10-22-16(23)18(21-17(22)24)8-7-11-3-1-2-4-14(11)18/h1-6,9H,7-8,10H2,(H,21,24)/t18-/m1/s1. The van der Waals surface area contributed by atoms with E-state index in [9.17, 15) is 14.0 Å². The number of nitrogens with zero attached hydrogens (tertiary/aromatic N) is 1. The van der Waals surface area contributed by atoms with Gasteiger partial charge in [-0.15, -0.1) is 0 Å². The summed E-state index contributed by atoms with van der Waals surface area (Å²) in [6, 6.07) is 11.1. The molecule has 0 aromatic heterocycles. The van der Waals surface area contributed by atoms with E-state index in [1.807, 2.05) is 24.3 Å². The van der Waals surface area contributed by atoms with E-state index in [2.05, 4.69) is 5.32 Å². The van der Waals surface area contributed by atoms with E-state index >= 15 is 0 Å². The Labute approximate surface area is 143 Å². The molecule has 1 aliphatic carbocycles. The van der Waals surface area contributed by atoms with Gasteiger partial charge in [0.25, 0.3) is 5.91 Å². The van der Waals surface area contributed by atoms with Gasteiger partial charge in [-0.05, 0) is 41.7 Å². The number of benzene rings is 2. The van der Waals surface area contributed by atoms with Gasteiger partial charge in [0.2, 0.25) is 0 Å². The molecule has 122 valence electrons. The van der Waals surface area contributed by atoms with E-state index in [4.69, 9.17) is 11.6 Å². The fourth-order valence-electron chi connectivity index (χ4n) is 3.55. The Morgan fingerprint density at radius 2 is 2.00 bits per heavy atom. The number of urea groups is 1. The number of fused-ring (bicyclic) bond motifs is 2. The van der Waals surface area contributed by atoms with Gasteiger partial charge >= 0.3 is 6.03 Å². The number of imide groups is 1. The third-order valence-corrected chi connectivity index (χ3v) is 5.12. The summed E-state index contributed by atoms with van der Waals surface area (Å²) in [4.78, 5) is 26.6. The Balaban J connectivity index is 1.68. The normalized spacial score (nSPS) is 22.2. The molecule has 0 radical (unpaired) electrons. The Morgan fingerprint density at radius 3 is 2.79 bits per heavy atom. The third-order valence-electron chi connectivity index (χ3n) is 4.77. The molecule has 2 aromatic carbocycles. The first-order chi connectivity index (χ1) is 11.5. The van der Waals surface area contributed by atoms with E-state index in [0.29, 0.717) is 12.0 Å². The molecule has 0 bridgehead atoms. The fraction of sp³-hybridized carbons (Fsp3) is 0.222. The zero-order valence-electron chi connectivity index (χ0n) is 12.7. The van der Waals surface area contributed by atoms with Gasteiger partial charge in [0.15, 0.2) is 0 Å². The van der Waals surface area contributed by atoms with Gasteiger partial charge in [-0.1, -0.05) is 41.9 Å². The summed E-state index contributed by atoms with van der Waals surface area (Å²) in [6.07, 6.45) is 1.29. The van der Waals surface area contributed by atoms with Gasteiger partial charge in [-0.3, -0.25) is 9.69 Å². The maximum Gasteiger partial charge on any atom is 0.325 e. The average molecular weight is 345 g/mol. The van der Waals surface area contributed by atoms with Crippen LogP contribution < -0.4 is 5.32 Å². The van der Waals surface area contributed by atoms with Crippen molar-refractivity contribution in [2.45, 2.75) is 24.9 Å². The molecule has 0 saturated carbocycles. The van der Waals surface area contributed by atoms with E-state index in [1.165, 1.54) is 18.2 Å². The van der Waals surface area contributed by atoms with Crippen LogP contribution in [0.2, 0.25) is 5.02 Å². The van der Waals surface area contributed by atoms with Gasteiger partial charge in [-0.2, -0.15) is 0 Å². The maximum absolute atomic E-state index is 13.2. The van der Waals surface area contributed by atoms with Crippen LogP contribution in [0.4, 0.5) is 9.18 Å². The highest BCUT2D eigenvalue weighted by Gasteiger charge is 2.55. The van der Waals surface area contributed by atoms with Crippen molar-refractivity contribution in [1.29, 1.82) is 0 Å². The minimum absolute atomic E-state index is 0.0215. The molecule has 24 heavy (non-hydrogen) atoms. The number of halogens is 2. The van der Waals surface area contributed by atoms with E-state index in [0.717, 1.165) is 22.4 Å². The molecule has 1 atom stereocenters. The van der Waals surface area contributed by atoms with Crippen molar-refractivity contribution in [3.8, 4) is 0 Å². The first kappa shape index (κ1) is 15.1. The SMILES string of the molecule is O=C1N[C@@]2(CCc3ccccc32)C(=O)N1Cc1ccc(F)cc1Cl. The average Bonchev–Trinajstić information content (AvgIpc) is 3.04. The van der Waals surface area contributed by atoms with Crippen molar-refractivity contribution in [3.05, 3.63) is 70.0 Å². The van der Waals surface area contributed by atoms with Gasteiger partial charge in [-0.25, -0.2) is 9.18 Å². The Hall–Kier alpha value is -2.40. The van der Waals surface area contributed by atoms with E-state index in [-0.39, 0.29) is 17.5 Å². The zero-order valence-corrected chi connectivity index (χ0v) is 13.4. The van der Waals surface area contributed by atoms with Crippen LogP contribution in [-0.4, -0.2) is 16.8 Å². The summed E-state index contributed by atoms with van der Waals surface area (Å²) in [5.41, 5.74) is 1.48. The van der Waals surface area contributed by atoms with Crippen LogP contribution in [0.25, 0.3) is 0 Å². The van der Waals surface area contributed by atoms with Gasteiger partial charge in [0, 0.05) is 5.02 Å². The number of hydrogen-bond donors (Lipinski definition) is 1. The lowest BCUT2D eigenvalue weighted by molar-refractivity contribution is -0.132. The summed E-state index contributed by atoms with van der Waals surface area (Å²) in [6.45, 7) is 0.0215. The maximum atomic E-state index is 13.2. The minimum atomic E-state index is -0.986. The van der Waals surface area contributed by atoms with Crippen molar-refractivity contribution in [2.75, 3.05) is 0 Å². The number of rotatable bonds is 2. The second-order valence-corrected chi connectivity index (χ2v) is 6.53. The lowest BCUT2D eigenvalue weighted by atomic mass is 9.92. The Bertz CT molecular complexity index is 870. The summed E-state index contributed by atoms with van der Waals surface area (Å²) in [5, 5.41) is 3.05. The molecule has 1 fully saturated rings. The first-order valence-electron chi connectivity index (χ1n) is 7.68. The third kappa shape index (κ3) is 2.12. The fourth-order valence-corrected chi connectivity index (χ4v) is 3.78. The van der Waals surface area contributed by atoms with Crippen molar-refractivity contribution in [1.82, 2.24) is 10.2 Å². The second kappa shape index (κ2) is 5.31. The number of carbonyl (C=O) groups excluding carboxylic acids is 2. The van der Waals surface area contributed by atoms with Crippen LogP contribution >= 0.6 is 11.6 Å². The van der Waals surface area contributed by atoms with E-state index in [1.54, 1.807) is 0 Å². The monoisotopic (exact) mass is 344 g/mol. The summed E-state index contributed by atoms with van der Waals surface area (Å²) in [5.74, 6) is -0.736. The quantitative estimate of drug-likeness (QED) is 0.849. The lowest BCUT2D eigenvalue weighted by Gasteiger charge is -2.22. The van der Waals surface area contributed by atoms with Crippen LogP contribution in [0.1, 0.15) is 23.1 Å². The number of nitrogens with one attached hydrogen (secondary N) is 1. The molecule has 4 rings (SSSR count). The van der Waals surface area contributed by atoms with Crippen molar-refractivity contribution >= 4 is 23.5 Å². The molecule has 1 saturated heterocycles. The Morgan fingerprint density at radius 1 is 1.21 bits per heavy atom. The smallest absolute Gasteiger partial charge is 0.319 e. The minimum Gasteiger partial charge on any atom is -0.319 e. The second-order valence-electron chi connectivity index (χ2n) is 6.12. The van der Waals surface area contributed by atoms with Crippen LogP contribution in [0, 0.1) is 5.82 Å². The molecule has 2 aliphatic rings. The molecule has 1 aliphatic heterocycles. The molecule has 4 nitrogen and oxygen atoms in total. The molecule has 1 spiro atoms. The molecule has 1 heterocycles. The predicted molar refractivity (Wildman–Crippen MR) is 86.9 cm³/mol. The Kier molecular flexibility index (Phi) is 3.35. The van der Waals surface area contributed by atoms with Crippen LogP contribution in [0.15, 0.2) is 42.5 Å². The highest BCUT2D eigenvalue weighted by Crippen LogP contribution is 2.41. The molecule has 3 amide bonds. The topological polar surface area (TPSA) is 49.4 Å². The van der Waals surface area contributed by atoms with Gasteiger partial charge < -0.3 is 5.32 Å². The molecule has 0 unspecified atom stereocenters. The van der Waals surface area contributed by atoms with E-state index < -0.39 is 17.4 Å². The largest absolute Gasteiger partial charge is 0.325 e. The highest BCUT2D eigenvalue weighted by atomic mass is 35.5. The van der Waals surface area contributed by atoms with Gasteiger partial charge in [0.05, 0.1) is 6.54 Å².